The summed E-state index contributed by atoms with van der Waals surface area (Å²) < 4.78 is 0. The van der Waals surface area contributed by atoms with Crippen LogP contribution in [0.2, 0.25) is 0 Å². The van der Waals surface area contributed by atoms with Gasteiger partial charge in [-0.3, -0.25) is 82.1 Å². The Hall–Kier alpha value is -9.38. The topological polar surface area (TPSA) is 666 Å². The van der Waals surface area contributed by atoms with Gasteiger partial charge in [0.15, 0.2) is 17.9 Å². The molecule has 542 valence electrons. The number of nitrogens with zero attached hydrogens (tertiary/aromatic N) is 4. The predicted molar refractivity (Wildman–Crippen MR) is 350 cm³/mol. The van der Waals surface area contributed by atoms with Crippen LogP contribution in [0.4, 0.5) is 0 Å². The Bertz CT molecular complexity index is 2750. The van der Waals surface area contributed by atoms with Crippen LogP contribution in [0.1, 0.15) is 98.8 Å². The summed E-state index contributed by atoms with van der Waals surface area (Å²) in [5.41, 5.74) is 38.0. The van der Waals surface area contributed by atoms with Gasteiger partial charge in [-0.05, 0) is 96.0 Å². The zero-order chi connectivity index (χ0) is 72.8. The van der Waals surface area contributed by atoms with Crippen LogP contribution in [0.25, 0.3) is 0 Å². The first-order valence-electron chi connectivity index (χ1n) is 30.8. The summed E-state index contributed by atoms with van der Waals surface area (Å²) in [6, 6.07) is -14.4. The second-order valence-electron chi connectivity index (χ2n) is 22.6. The number of carbonyl (C=O) groups excluding carboxylic acids is 14. The van der Waals surface area contributed by atoms with Crippen LogP contribution in [0.15, 0.2) is 15.0 Å². The van der Waals surface area contributed by atoms with Crippen LogP contribution < -0.4 is 104 Å². The summed E-state index contributed by atoms with van der Waals surface area (Å²) in [6.45, 7) is 3.09. The molecule has 41 heteroatoms. The highest BCUT2D eigenvalue weighted by Crippen LogP contribution is 2.17. The van der Waals surface area contributed by atoms with E-state index in [0.29, 0.717) is 25.1 Å². The molecule has 0 unspecified atom stereocenters. The number of rotatable bonds is 45. The van der Waals surface area contributed by atoms with Gasteiger partial charge in [-0.15, -0.1) is 0 Å². The molecule has 0 spiro atoms. The second-order valence-corrected chi connectivity index (χ2v) is 23.6. The highest BCUT2D eigenvalue weighted by molar-refractivity contribution is 7.98. The molecule has 1 fully saturated rings. The van der Waals surface area contributed by atoms with Crippen LogP contribution >= 0.6 is 11.8 Å². The van der Waals surface area contributed by atoms with Gasteiger partial charge in [-0.25, -0.2) is 0 Å². The van der Waals surface area contributed by atoms with Crippen molar-refractivity contribution in [2.75, 3.05) is 71.0 Å². The molecule has 40 nitrogen and oxygen atoms in total. The third-order valence-corrected chi connectivity index (χ3v) is 14.7. The molecule has 0 saturated carbocycles. The fraction of sp³-hybridized carbons (Fsp3) is 0.691. The fourth-order valence-corrected chi connectivity index (χ4v) is 9.53. The summed E-state index contributed by atoms with van der Waals surface area (Å²) in [5.74, 6) is -13.4. The molecule has 0 aromatic rings. The van der Waals surface area contributed by atoms with Gasteiger partial charge >= 0.3 is 0 Å². The van der Waals surface area contributed by atoms with Crippen LogP contribution in [-0.4, -0.2) is 258 Å². The third kappa shape index (κ3) is 33.6. The normalized spacial score (nSPS) is 15.6. The number of primary amides is 1. The summed E-state index contributed by atoms with van der Waals surface area (Å²) >= 11 is 1.36. The Morgan fingerprint density at radius 1 is 0.490 bits per heavy atom. The SMILES string of the molecule is CSCC[C@H](NC(=O)CNC(=O)[C@@H]1CCCN1C(C)=O)C(=O)N[C@@H](CCCN=C(N)N)C(=O)N[C@@H](CC(C)C)C(=O)N[C@@H](CCCN=C(N)N)C(=O)N[C@@H](CO)C(=O)NCC(=O)N[C@@H](CCCN=C(N)N)C(=O)N[C@@H](CO)C(=O)N[C@H](C(=O)NCC(=O)N[C@@H](C)C(N)=O)[C@@H](C)O. The molecular formula is C55H99N23O17S. The molecule has 0 radical (unpaired) electrons. The molecule has 1 aliphatic heterocycles. The summed E-state index contributed by atoms with van der Waals surface area (Å²) in [6.07, 6.45) is 0.788. The van der Waals surface area contributed by atoms with E-state index >= 15 is 0 Å². The Kier molecular flexibility index (Phi) is 39.7. The van der Waals surface area contributed by atoms with E-state index in [-0.39, 0.29) is 101 Å². The minimum absolute atomic E-state index is 0.0106. The zero-order valence-electron chi connectivity index (χ0n) is 54.9. The van der Waals surface area contributed by atoms with E-state index in [1.807, 2.05) is 0 Å². The lowest BCUT2D eigenvalue weighted by Gasteiger charge is -2.28. The maximum atomic E-state index is 14.3. The van der Waals surface area contributed by atoms with E-state index in [2.05, 4.69) is 78.8 Å². The molecule has 1 rings (SSSR count). The number of amides is 14. The van der Waals surface area contributed by atoms with Crippen LogP contribution in [0, 0.1) is 5.92 Å². The first-order chi connectivity index (χ1) is 45.1. The van der Waals surface area contributed by atoms with Crippen molar-refractivity contribution in [3.63, 3.8) is 0 Å². The molecule has 29 N–H and O–H groups in total. The Morgan fingerprint density at radius 2 is 0.865 bits per heavy atom. The van der Waals surface area contributed by atoms with Crippen molar-refractivity contribution in [2.24, 2.45) is 61.0 Å². The van der Waals surface area contributed by atoms with Crippen LogP contribution in [0.5, 0.6) is 0 Å². The Balaban J connectivity index is 3.39. The zero-order valence-corrected chi connectivity index (χ0v) is 55.7. The van der Waals surface area contributed by atoms with Gasteiger partial charge in [-0.1, -0.05) is 13.8 Å². The van der Waals surface area contributed by atoms with Crippen molar-refractivity contribution in [2.45, 2.75) is 165 Å². The molecule has 14 amide bonds. The van der Waals surface area contributed by atoms with Gasteiger partial charge in [0.25, 0.3) is 0 Å². The molecule has 96 heavy (non-hydrogen) atoms. The monoisotopic (exact) mass is 1390 g/mol. The standard InChI is InChI=1S/C55H99N23O17S/c1-27(2)21-35(74-46(89)32(12-8-17-64-54(59)60)72-48(91)34(15-20-96-6)71-41(85)24-67-51(94)38-14-10-19-78(38)30(5)82)49(92)73-33(13-9-18-65-55(61)62)47(90)75-36(25-79)44(87)66-23-40(84)70-31(11-7-16-63-53(57)58)45(88)76-37(26-80)50(93)77-42(29(4)81)52(95)68-22-39(83)69-28(3)43(56)86/h27-29,31-38,42,79-81H,7-26H2,1-6H3,(H2,56,86)(H,66,87)(H,67,94)(H,68,95)(H,69,83)(H,70,84)(H,71,85)(H,72,91)(H,73,92)(H,74,89)(H,75,90)(H,76,88)(H,77,93)(H4,57,58,63)(H4,59,60,64)(H4,61,62,65)/t28-,29+,31-,32-,33-,34-,35-,36-,37-,38-,42-/m0/s1. The van der Waals surface area contributed by atoms with Gasteiger partial charge in [0.2, 0.25) is 82.7 Å². The number of aliphatic hydroxyl groups is 3. The van der Waals surface area contributed by atoms with Crippen molar-refractivity contribution in [3.05, 3.63) is 0 Å². The van der Waals surface area contributed by atoms with Crippen molar-refractivity contribution >= 4 is 112 Å². The van der Waals surface area contributed by atoms with E-state index in [0.717, 1.165) is 6.92 Å². The summed E-state index contributed by atoms with van der Waals surface area (Å²) in [4.78, 5) is 198. The number of nitrogens with one attached hydrogen (secondary N) is 12. The van der Waals surface area contributed by atoms with Gasteiger partial charge in [0.1, 0.15) is 60.4 Å². The molecule has 0 bridgehead atoms. The minimum atomic E-state index is -1.83. The number of nitrogens with two attached hydrogens (primary N) is 7. The molecular weight excluding hydrogens is 1290 g/mol. The molecule has 1 saturated heterocycles. The maximum Gasteiger partial charge on any atom is 0.245 e. The fourth-order valence-electron chi connectivity index (χ4n) is 9.06. The summed E-state index contributed by atoms with van der Waals surface area (Å²) in [7, 11) is 0. The number of likely N-dealkylation sites (tertiary alicyclic amines) is 1. The van der Waals surface area contributed by atoms with Gasteiger partial charge in [0.05, 0.1) is 39.0 Å². The van der Waals surface area contributed by atoms with Crippen molar-refractivity contribution in [1.82, 2.24) is 68.7 Å². The highest BCUT2D eigenvalue weighted by atomic mass is 32.2. The average Bonchev–Trinajstić information content (AvgIpc) is 1.63. The first-order valence-corrected chi connectivity index (χ1v) is 32.2. The van der Waals surface area contributed by atoms with E-state index in [1.54, 1.807) is 20.1 Å². The molecule has 0 aliphatic carbocycles. The maximum absolute atomic E-state index is 14.3. The largest absolute Gasteiger partial charge is 0.394 e. The molecule has 0 aromatic heterocycles. The average molecular weight is 1390 g/mol. The van der Waals surface area contributed by atoms with Crippen molar-refractivity contribution in [3.8, 4) is 0 Å². The lowest BCUT2D eigenvalue weighted by atomic mass is 10.0. The quantitative estimate of drug-likeness (QED) is 0.0153. The molecule has 0 aromatic carbocycles. The molecule has 1 aliphatic rings. The lowest BCUT2D eigenvalue weighted by Crippen LogP contribution is -2.60. The Morgan fingerprint density at radius 3 is 1.27 bits per heavy atom. The third-order valence-electron chi connectivity index (χ3n) is 14.1. The first kappa shape index (κ1) is 84.6. The van der Waals surface area contributed by atoms with E-state index in [9.17, 15) is 82.4 Å². The number of aliphatic imine (C=N–C) groups is 3. The number of hydrogen-bond acceptors (Lipinski definition) is 21. The number of guanidine groups is 3. The molecule has 1 heterocycles. The minimum Gasteiger partial charge on any atom is -0.394 e. The lowest BCUT2D eigenvalue weighted by molar-refractivity contribution is -0.137. The van der Waals surface area contributed by atoms with E-state index < -0.39 is 176 Å². The smallest absolute Gasteiger partial charge is 0.245 e. The van der Waals surface area contributed by atoms with Gasteiger partial charge in [0, 0.05) is 33.1 Å². The van der Waals surface area contributed by atoms with Gasteiger partial charge < -0.3 is 124 Å². The predicted octanol–water partition coefficient (Wildman–Crippen LogP) is -11.5. The summed E-state index contributed by atoms with van der Waals surface area (Å²) in [5, 5.41) is 59.4. The molecule has 11 atom stereocenters. The number of carbonyl (C=O) groups is 14. The highest BCUT2D eigenvalue weighted by Gasteiger charge is 2.36. The Labute approximate surface area is 559 Å². The number of thioether (sulfide) groups is 1. The van der Waals surface area contributed by atoms with E-state index in [1.165, 1.54) is 30.5 Å². The number of aliphatic hydroxyl groups excluding tert-OH is 3. The van der Waals surface area contributed by atoms with Crippen molar-refractivity contribution < 1.29 is 82.4 Å². The van der Waals surface area contributed by atoms with E-state index in [4.69, 9.17) is 40.1 Å². The van der Waals surface area contributed by atoms with Gasteiger partial charge in [-0.2, -0.15) is 11.8 Å². The van der Waals surface area contributed by atoms with Crippen molar-refractivity contribution in [1.29, 1.82) is 0 Å². The van der Waals surface area contributed by atoms with Crippen LogP contribution in [-0.2, 0) is 67.1 Å². The van der Waals surface area contributed by atoms with Crippen LogP contribution in [0.3, 0.4) is 0 Å². The second kappa shape index (κ2) is 45.1. The number of hydrogen-bond donors (Lipinski definition) is 22.